The second-order valence-corrected chi connectivity index (χ2v) is 9.42. The lowest BCUT2D eigenvalue weighted by Gasteiger charge is -2.34. The summed E-state index contributed by atoms with van der Waals surface area (Å²) >= 11 is 0. The zero-order valence-corrected chi connectivity index (χ0v) is 20.7. The summed E-state index contributed by atoms with van der Waals surface area (Å²) in [4.78, 5) is 38.1. The summed E-state index contributed by atoms with van der Waals surface area (Å²) in [5.74, 6) is -0.930. The van der Waals surface area contributed by atoms with Crippen molar-refractivity contribution in [2.24, 2.45) is 0 Å². The first-order chi connectivity index (χ1) is 15.1. The first-order valence-corrected chi connectivity index (χ1v) is 10.7. The Morgan fingerprint density at radius 2 is 1.58 bits per heavy atom. The van der Waals surface area contributed by atoms with E-state index in [0.29, 0.717) is 5.01 Å². The second kappa shape index (κ2) is 11.7. The maximum atomic E-state index is 12.9. The van der Waals surface area contributed by atoms with Gasteiger partial charge in [0.25, 0.3) is 0 Å². The summed E-state index contributed by atoms with van der Waals surface area (Å²) in [5, 5.41) is 11.5. The van der Waals surface area contributed by atoms with Crippen LogP contribution in [0.4, 0.5) is 9.59 Å². The fraction of sp³-hybridized carbons (Fsp3) is 0.542. The molecule has 1 rings (SSSR count). The SMILES string of the molecule is CCOC(=O)[C@H]([C@@H](O)/C=C/c1ccc(C)cc1)N(NC(=O)OC(C)(C)C)C(=O)OC(C)(C)C. The van der Waals surface area contributed by atoms with E-state index in [1.54, 1.807) is 54.5 Å². The van der Waals surface area contributed by atoms with Gasteiger partial charge in [-0.15, -0.1) is 0 Å². The summed E-state index contributed by atoms with van der Waals surface area (Å²) in [6.07, 6.45) is -0.670. The van der Waals surface area contributed by atoms with Crippen LogP contribution in [0, 0.1) is 6.92 Å². The summed E-state index contributed by atoms with van der Waals surface area (Å²) in [6, 6.07) is 5.83. The number of amides is 2. The molecule has 0 bridgehead atoms. The van der Waals surface area contributed by atoms with Crippen molar-refractivity contribution >= 4 is 24.2 Å². The summed E-state index contributed by atoms with van der Waals surface area (Å²) in [5.41, 5.74) is 2.25. The molecule has 2 atom stereocenters. The number of esters is 1. The van der Waals surface area contributed by atoms with Crippen molar-refractivity contribution < 1.29 is 33.7 Å². The molecule has 0 heterocycles. The van der Waals surface area contributed by atoms with Gasteiger partial charge in [0.15, 0.2) is 6.04 Å². The van der Waals surface area contributed by atoms with Gasteiger partial charge in [-0.25, -0.2) is 19.8 Å². The Balaban J connectivity index is 3.32. The highest BCUT2D eigenvalue weighted by atomic mass is 16.6. The molecule has 2 N–H and O–H groups in total. The van der Waals surface area contributed by atoms with Crippen LogP contribution in [0.2, 0.25) is 0 Å². The van der Waals surface area contributed by atoms with Crippen LogP contribution >= 0.6 is 0 Å². The third kappa shape index (κ3) is 10.4. The van der Waals surface area contributed by atoms with E-state index in [1.165, 1.54) is 6.08 Å². The van der Waals surface area contributed by atoms with Crippen molar-refractivity contribution in [2.75, 3.05) is 6.61 Å². The van der Waals surface area contributed by atoms with E-state index >= 15 is 0 Å². The molecule has 0 saturated heterocycles. The van der Waals surface area contributed by atoms with Crippen LogP contribution in [0.15, 0.2) is 30.3 Å². The maximum absolute atomic E-state index is 12.9. The topological polar surface area (TPSA) is 114 Å². The van der Waals surface area contributed by atoms with E-state index < -0.39 is 41.5 Å². The fourth-order valence-electron chi connectivity index (χ4n) is 2.56. The maximum Gasteiger partial charge on any atom is 0.430 e. The molecular weight excluding hydrogens is 428 g/mol. The van der Waals surface area contributed by atoms with Crippen LogP contribution in [0.1, 0.15) is 59.6 Å². The van der Waals surface area contributed by atoms with Gasteiger partial charge >= 0.3 is 18.2 Å². The van der Waals surface area contributed by atoms with Crippen LogP contribution in [0.3, 0.4) is 0 Å². The van der Waals surface area contributed by atoms with Gasteiger partial charge in [0, 0.05) is 0 Å². The quantitative estimate of drug-likeness (QED) is 0.372. The minimum atomic E-state index is -1.63. The Labute approximate surface area is 195 Å². The number of hydrogen-bond donors (Lipinski definition) is 2. The normalized spacial score (nSPS) is 13.7. The van der Waals surface area contributed by atoms with Crippen molar-refractivity contribution in [3.8, 4) is 0 Å². The van der Waals surface area contributed by atoms with Gasteiger partial charge in [-0.2, -0.15) is 5.01 Å². The van der Waals surface area contributed by atoms with Crippen LogP contribution in [0.5, 0.6) is 0 Å². The predicted molar refractivity (Wildman–Crippen MR) is 124 cm³/mol. The van der Waals surface area contributed by atoms with E-state index in [1.807, 2.05) is 31.2 Å². The zero-order chi connectivity index (χ0) is 25.4. The molecule has 0 aliphatic heterocycles. The Bertz CT molecular complexity index is 836. The molecule has 184 valence electrons. The molecule has 9 nitrogen and oxygen atoms in total. The van der Waals surface area contributed by atoms with Crippen LogP contribution in [-0.4, -0.2) is 58.2 Å². The average molecular weight is 465 g/mol. The molecule has 9 heteroatoms. The van der Waals surface area contributed by atoms with E-state index in [2.05, 4.69) is 5.43 Å². The fourth-order valence-corrected chi connectivity index (χ4v) is 2.56. The number of aliphatic hydroxyl groups is 1. The van der Waals surface area contributed by atoms with E-state index in [-0.39, 0.29) is 6.61 Å². The number of hydrazine groups is 1. The highest BCUT2D eigenvalue weighted by Gasteiger charge is 2.40. The lowest BCUT2D eigenvalue weighted by Crippen LogP contribution is -2.60. The minimum absolute atomic E-state index is 0.00166. The molecule has 33 heavy (non-hydrogen) atoms. The number of nitrogens with zero attached hydrogens (tertiary/aromatic N) is 1. The van der Waals surface area contributed by atoms with Crippen LogP contribution in [0.25, 0.3) is 6.08 Å². The van der Waals surface area contributed by atoms with Gasteiger partial charge in [0.05, 0.1) is 6.61 Å². The average Bonchev–Trinajstić information content (AvgIpc) is 2.64. The molecule has 0 unspecified atom stereocenters. The first kappa shape index (κ1) is 28.0. The predicted octanol–water partition coefficient (Wildman–Crippen LogP) is 3.98. The van der Waals surface area contributed by atoms with Gasteiger partial charge in [-0.3, -0.25) is 0 Å². The third-order valence-corrected chi connectivity index (χ3v) is 3.89. The Morgan fingerprint density at radius 3 is 2.06 bits per heavy atom. The highest BCUT2D eigenvalue weighted by Crippen LogP contribution is 2.16. The second-order valence-electron chi connectivity index (χ2n) is 9.42. The van der Waals surface area contributed by atoms with Gasteiger partial charge in [0.1, 0.15) is 17.3 Å². The van der Waals surface area contributed by atoms with Crippen molar-refractivity contribution in [1.82, 2.24) is 10.4 Å². The van der Waals surface area contributed by atoms with E-state index in [0.717, 1.165) is 11.1 Å². The summed E-state index contributed by atoms with van der Waals surface area (Å²) in [7, 11) is 0. The smallest absolute Gasteiger partial charge is 0.430 e. The Hall–Kier alpha value is -3.07. The van der Waals surface area contributed by atoms with Gasteiger partial charge in [-0.05, 0) is 61.0 Å². The zero-order valence-electron chi connectivity index (χ0n) is 20.7. The molecule has 0 spiro atoms. The van der Waals surface area contributed by atoms with Crippen molar-refractivity contribution in [3.05, 3.63) is 41.5 Å². The van der Waals surface area contributed by atoms with Crippen molar-refractivity contribution in [2.45, 2.75) is 78.7 Å². The number of hydrogen-bond acceptors (Lipinski definition) is 7. The number of aryl methyl sites for hydroxylation is 1. The first-order valence-electron chi connectivity index (χ1n) is 10.7. The lowest BCUT2D eigenvalue weighted by atomic mass is 10.1. The van der Waals surface area contributed by atoms with Crippen molar-refractivity contribution in [3.63, 3.8) is 0 Å². The number of benzene rings is 1. The number of carbonyl (C=O) groups excluding carboxylic acids is 3. The van der Waals surface area contributed by atoms with Crippen LogP contribution < -0.4 is 5.43 Å². The highest BCUT2D eigenvalue weighted by molar-refractivity contribution is 5.84. The molecule has 0 saturated carbocycles. The molecule has 1 aromatic rings. The summed E-state index contributed by atoms with van der Waals surface area (Å²) < 4.78 is 15.6. The molecule has 0 fully saturated rings. The molecule has 2 amide bonds. The monoisotopic (exact) mass is 464 g/mol. The third-order valence-electron chi connectivity index (χ3n) is 3.89. The minimum Gasteiger partial charge on any atom is -0.464 e. The largest absolute Gasteiger partial charge is 0.464 e. The molecule has 0 aliphatic carbocycles. The summed E-state index contributed by atoms with van der Waals surface area (Å²) in [6.45, 7) is 13.4. The van der Waals surface area contributed by atoms with Gasteiger partial charge < -0.3 is 19.3 Å². The molecular formula is C24H36N2O7. The van der Waals surface area contributed by atoms with E-state index in [9.17, 15) is 19.5 Å². The Kier molecular flexibility index (Phi) is 9.91. The van der Waals surface area contributed by atoms with Crippen LogP contribution in [-0.2, 0) is 19.0 Å². The molecule has 1 aromatic carbocycles. The standard InChI is InChI=1S/C24H36N2O7/c1-9-31-20(28)19(18(27)15-14-17-12-10-16(2)11-13-17)26(22(30)33-24(6,7)8)25-21(29)32-23(3,4)5/h10-15,18-19,27H,9H2,1-8H3,(H,25,29)/b15-14+/t18-,19-/m0/s1. The Morgan fingerprint density at radius 1 is 1.03 bits per heavy atom. The number of carbonyl (C=O) groups is 3. The number of aliphatic hydroxyl groups excluding tert-OH is 1. The molecule has 0 radical (unpaired) electrons. The number of nitrogens with one attached hydrogen (secondary N) is 1. The van der Waals surface area contributed by atoms with Gasteiger partial charge in [0.2, 0.25) is 0 Å². The number of ether oxygens (including phenoxy) is 3. The molecule has 0 aromatic heterocycles. The van der Waals surface area contributed by atoms with Gasteiger partial charge in [-0.1, -0.05) is 42.0 Å². The van der Waals surface area contributed by atoms with E-state index in [4.69, 9.17) is 14.2 Å². The lowest BCUT2D eigenvalue weighted by molar-refractivity contribution is -0.154. The number of rotatable bonds is 6. The molecule has 0 aliphatic rings. The van der Waals surface area contributed by atoms with Crippen molar-refractivity contribution in [1.29, 1.82) is 0 Å².